The summed E-state index contributed by atoms with van der Waals surface area (Å²) in [6.07, 6.45) is 15.0. The number of benzene rings is 2. The van der Waals surface area contributed by atoms with E-state index in [4.69, 9.17) is 28.6 Å². The van der Waals surface area contributed by atoms with Crippen LogP contribution >= 0.6 is 0 Å². The molecule has 6 atom stereocenters. The minimum Gasteiger partial charge on any atom is -0.543 e. The van der Waals surface area contributed by atoms with E-state index in [1.807, 2.05) is 31.2 Å². The molecule has 0 radical (unpaired) electrons. The summed E-state index contributed by atoms with van der Waals surface area (Å²) in [4.78, 5) is 53.0. The summed E-state index contributed by atoms with van der Waals surface area (Å²) in [5, 5.41) is 26.5. The fourth-order valence-electron chi connectivity index (χ4n) is 8.32. The second kappa shape index (κ2) is 30.0. The Kier molecular flexibility index (Phi) is 25.7. The Bertz CT molecular complexity index is 2250. The summed E-state index contributed by atoms with van der Waals surface area (Å²) in [7, 11) is -4.36. The number of nitrogens with one attached hydrogen (secondary N) is 1. The summed E-state index contributed by atoms with van der Waals surface area (Å²) in [5.41, 5.74) is 11.0. The molecule has 2 heterocycles. The third-order valence-electron chi connectivity index (χ3n) is 15.1. The fourth-order valence-corrected chi connectivity index (χ4v) is 10.8. The van der Waals surface area contributed by atoms with Gasteiger partial charge in [0.05, 0.1) is 18.8 Å². The first kappa shape index (κ1) is 63.4. The van der Waals surface area contributed by atoms with Gasteiger partial charge in [-0.25, -0.2) is 14.4 Å². The average Bonchev–Trinajstić information content (AvgIpc) is 3.30. The van der Waals surface area contributed by atoms with Crippen LogP contribution in [-0.2, 0) is 36.3 Å². The first-order valence-electron chi connectivity index (χ1n) is 26.9. The Morgan fingerprint density at radius 1 is 0.811 bits per heavy atom. The fraction of sp³-hybridized carbons (Fsp3) is 0.649. The van der Waals surface area contributed by atoms with Crippen molar-refractivity contribution in [1.82, 2.24) is 5.32 Å². The zero-order chi connectivity index (χ0) is 55.3. The zero-order valence-corrected chi connectivity index (χ0v) is 49.0. The molecule has 2 amide bonds. The van der Waals surface area contributed by atoms with Crippen LogP contribution in [-0.4, -0.2) is 81.8 Å². The first-order chi connectivity index (χ1) is 34.7. The lowest BCUT2D eigenvalue weighted by atomic mass is 9.91. The molecule has 0 aromatic heterocycles. The number of azide groups is 1. The summed E-state index contributed by atoms with van der Waals surface area (Å²) in [5.74, 6) is -0.870. The van der Waals surface area contributed by atoms with Crippen LogP contribution in [0.3, 0.4) is 0 Å². The highest BCUT2D eigenvalue weighted by Gasteiger charge is 2.42. The van der Waals surface area contributed by atoms with Gasteiger partial charge in [-0.05, 0) is 133 Å². The van der Waals surface area contributed by atoms with Gasteiger partial charge in [0.1, 0.15) is 34.8 Å². The number of fused-ring (bicyclic) bond motifs is 2. The molecule has 2 aromatic rings. The van der Waals surface area contributed by atoms with Gasteiger partial charge in [0, 0.05) is 36.8 Å². The smallest absolute Gasteiger partial charge is 0.411 e. The van der Waals surface area contributed by atoms with Crippen LogP contribution in [0.25, 0.3) is 10.4 Å². The molecule has 1 unspecified atom stereocenters. The van der Waals surface area contributed by atoms with Crippen molar-refractivity contribution < 1.29 is 52.5 Å². The van der Waals surface area contributed by atoms with Crippen LogP contribution in [0.1, 0.15) is 178 Å². The van der Waals surface area contributed by atoms with Crippen molar-refractivity contribution in [2.75, 3.05) is 6.61 Å². The molecular weight excluding hydrogens is 973 g/mol. The number of aliphatic hydroxyl groups excluding tert-OH is 1. The lowest BCUT2D eigenvalue weighted by molar-refractivity contribution is -0.113. The topological polar surface area (TPSA) is 216 Å². The molecule has 0 aliphatic carbocycles. The Balaban J connectivity index is 0.000000405. The molecular formula is C57H90N4O11Si2. The van der Waals surface area contributed by atoms with E-state index in [1.165, 1.54) is 18.3 Å². The maximum Gasteiger partial charge on any atom is 0.411 e. The van der Waals surface area contributed by atoms with Crippen molar-refractivity contribution in [3.8, 4) is 11.5 Å². The summed E-state index contributed by atoms with van der Waals surface area (Å²) < 4.78 is 30.7. The number of hydrogen-bond acceptors (Lipinski definition) is 11. The molecule has 0 saturated carbocycles. The van der Waals surface area contributed by atoms with Gasteiger partial charge in [0.25, 0.3) is 8.32 Å². The summed E-state index contributed by atoms with van der Waals surface area (Å²) in [6, 6.07) is 10.9. The Morgan fingerprint density at radius 2 is 1.38 bits per heavy atom. The normalized spacial score (nSPS) is 21.8. The minimum atomic E-state index is -2.24. The van der Waals surface area contributed by atoms with Gasteiger partial charge in [0.15, 0.2) is 8.32 Å². The lowest BCUT2D eigenvalue weighted by Gasteiger charge is -2.42. The second-order valence-electron chi connectivity index (χ2n) is 23.2. The number of phenols is 1. The monoisotopic (exact) mass is 1060 g/mol. The number of hydrogen-bond donors (Lipinski definition) is 3. The van der Waals surface area contributed by atoms with Gasteiger partial charge < -0.3 is 33.3 Å². The average molecular weight is 1060 g/mol. The van der Waals surface area contributed by atoms with Gasteiger partial charge in [-0.2, -0.15) is 0 Å². The number of carbonyl (C=O) groups is 4. The maximum atomic E-state index is 14.0. The number of cyclic esters (lactones) is 2. The molecule has 0 fully saturated rings. The SMILES string of the molecule is CCCCCOC(=O)N/C=C/CC1C[C@@H](O)[C@@H](C)CCCCc2cccc(O)c2C(=O)O1.C[C@H]1CCCCc2cccc(O[Si](C)(C)C(C)(C)C)c2C(=O)O[C@@H](C/C=C/C(=O)N=[N+]=[N-])C[C@H]1O[Si](C)(C)C(C)(C)C. The lowest BCUT2D eigenvalue weighted by Crippen LogP contribution is -2.46. The van der Waals surface area contributed by atoms with E-state index in [9.17, 15) is 29.4 Å². The van der Waals surface area contributed by atoms with E-state index in [-0.39, 0.29) is 45.8 Å². The highest BCUT2D eigenvalue weighted by Crippen LogP contribution is 2.42. The standard InChI is InChI=1S/C32H53N3O5Si2.C25H37NO6/c1-23-16-12-13-17-24-18-14-20-26(39-41(8,9)31(2,3)4)29(24)30(37)38-25(19-15-21-28(36)34-35-33)22-27(23)40-42(10,11)32(5,6)7;1-3-4-7-16-31-25(30)26-15-9-13-20-17-22(28)18(2)10-5-6-11-19-12-8-14-21(27)23(19)24(29)32-20/h14-15,18,20-21,23,25,27H,12-13,16-17,19,22H2,1-11H3;8-9,12,14-15,18,20,22,27-28H,3-7,10-11,13,16-17H2,1-2H3,(H,26,30)/b21-15+;15-9+/t23-,25-,27+;18-,20?,22+/m00/s1. The largest absolute Gasteiger partial charge is 0.543 e. The molecule has 15 nitrogen and oxygen atoms in total. The van der Waals surface area contributed by atoms with Crippen molar-refractivity contribution >= 4 is 40.6 Å². The molecule has 17 heteroatoms. The van der Waals surface area contributed by atoms with Crippen molar-refractivity contribution in [3.63, 3.8) is 0 Å². The molecule has 2 aromatic carbocycles. The van der Waals surface area contributed by atoms with Gasteiger partial charge >= 0.3 is 18.0 Å². The molecule has 0 spiro atoms. The van der Waals surface area contributed by atoms with Crippen molar-refractivity contribution in [1.29, 1.82) is 0 Å². The van der Waals surface area contributed by atoms with E-state index in [2.05, 4.69) is 96.9 Å². The van der Waals surface area contributed by atoms with E-state index >= 15 is 0 Å². The Hall–Kier alpha value is -4.94. The number of aryl methyl sites for hydroxylation is 2. The van der Waals surface area contributed by atoms with Gasteiger partial charge in [-0.1, -0.05) is 124 Å². The minimum absolute atomic E-state index is 0.0269. The molecule has 74 heavy (non-hydrogen) atoms. The molecule has 0 saturated heterocycles. The Morgan fingerprint density at radius 3 is 1.99 bits per heavy atom. The van der Waals surface area contributed by atoms with E-state index in [0.717, 1.165) is 75.3 Å². The molecule has 3 N–H and O–H groups in total. The maximum absolute atomic E-state index is 14.0. The number of nitrogens with zero attached hydrogens (tertiary/aromatic N) is 3. The highest BCUT2D eigenvalue weighted by atomic mass is 28.4. The third kappa shape index (κ3) is 20.6. The van der Waals surface area contributed by atoms with Crippen molar-refractivity contribution in [2.45, 2.75) is 219 Å². The van der Waals surface area contributed by atoms with Crippen molar-refractivity contribution in [2.24, 2.45) is 17.0 Å². The summed E-state index contributed by atoms with van der Waals surface area (Å²) in [6.45, 7) is 28.7. The number of aromatic hydroxyl groups is 1. The predicted molar refractivity (Wildman–Crippen MR) is 297 cm³/mol. The van der Waals surface area contributed by atoms with E-state index < -0.39 is 58.9 Å². The first-order valence-corrected chi connectivity index (χ1v) is 32.8. The highest BCUT2D eigenvalue weighted by molar-refractivity contribution is 6.75. The molecule has 4 rings (SSSR count). The number of amides is 2. The molecule has 2 aliphatic heterocycles. The Labute approximate surface area is 444 Å². The number of unbranched alkanes of at least 4 members (excludes halogenated alkanes) is 2. The molecule has 412 valence electrons. The van der Waals surface area contributed by atoms with Crippen LogP contribution in [0.2, 0.25) is 36.3 Å². The van der Waals surface area contributed by atoms with Crippen molar-refractivity contribution in [3.05, 3.63) is 93.5 Å². The molecule has 0 bridgehead atoms. The number of esters is 2. The van der Waals surface area contributed by atoms with Crippen LogP contribution in [0.15, 0.2) is 65.9 Å². The summed E-state index contributed by atoms with van der Waals surface area (Å²) >= 11 is 0. The second-order valence-corrected chi connectivity index (χ2v) is 32.7. The number of aliphatic hydroxyl groups is 1. The number of phenolic OH excluding ortho intramolecular Hbond substituents is 1. The third-order valence-corrected chi connectivity index (χ3v) is 24.0. The number of carbonyl (C=O) groups excluding carboxylic acids is 4. The quantitative estimate of drug-likeness (QED) is 0.0236. The van der Waals surface area contributed by atoms with E-state index in [0.29, 0.717) is 43.6 Å². The zero-order valence-electron chi connectivity index (χ0n) is 47.0. The number of rotatable bonds is 14. The van der Waals surface area contributed by atoms with E-state index in [1.54, 1.807) is 18.2 Å². The van der Waals surface area contributed by atoms with Gasteiger partial charge in [-0.15, -0.1) is 0 Å². The number of ether oxygens (including phenoxy) is 3. The van der Waals surface area contributed by atoms with Crippen LogP contribution in [0.5, 0.6) is 11.5 Å². The van der Waals surface area contributed by atoms with Crippen LogP contribution in [0, 0.1) is 11.8 Å². The van der Waals surface area contributed by atoms with Crippen LogP contribution in [0.4, 0.5) is 4.79 Å². The van der Waals surface area contributed by atoms with Crippen LogP contribution < -0.4 is 9.74 Å². The number of alkyl carbamates (subject to hydrolysis) is 1. The predicted octanol–water partition coefficient (Wildman–Crippen LogP) is 14.4. The van der Waals surface area contributed by atoms with Gasteiger partial charge in [-0.3, -0.25) is 10.1 Å². The molecule has 2 aliphatic rings. The van der Waals surface area contributed by atoms with Gasteiger partial charge in [0.2, 0.25) is 5.91 Å².